The van der Waals surface area contributed by atoms with Gasteiger partial charge in [0.25, 0.3) is 0 Å². The van der Waals surface area contributed by atoms with Crippen molar-refractivity contribution in [3.8, 4) is 0 Å². The number of nitrogens with zero attached hydrogens (tertiary/aromatic N) is 1. The molecule has 0 aromatic carbocycles. The topological polar surface area (TPSA) is 114 Å². The molecular formula is C44H83NO8P+. The molecule has 0 heterocycles. The molecule has 0 aromatic rings. The Labute approximate surface area is 332 Å². The number of unbranched alkanes of at least 4 members (excludes halogenated alkanes) is 21. The number of hydrogen-bond donors (Lipinski definition) is 1. The molecule has 0 radical (unpaired) electrons. The molecule has 0 aliphatic heterocycles. The van der Waals surface area contributed by atoms with E-state index in [-0.39, 0.29) is 32.0 Å². The van der Waals surface area contributed by atoms with Crippen LogP contribution in [0.15, 0.2) is 30.0 Å². The number of ether oxygens (including phenoxy) is 2. The highest BCUT2D eigenvalue weighted by atomic mass is 31.2. The van der Waals surface area contributed by atoms with Gasteiger partial charge in [0.15, 0.2) is 6.10 Å². The standard InChI is InChI=1S/C44H82NO8P/c1-6-8-10-12-14-16-18-20-22-24-26-28-30-32-34-36-43(46)50-40-42(41-52-54(48,49)51-39-38-45(3,4)5)53-44(47)37-35-33-31-29-27-25-23-21-19-17-15-13-11-9-7-2/h9,11,19,23,42H,6-8,10,12-18,20,22,24-41H2,1-5H3/p+1/b11-9+/t21?,42-/m1/s1. The molecule has 9 nitrogen and oxygen atoms in total. The second kappa shape index (κ2) is 37.0. The van der Waals surface area contributed by atoms with Crippen LogP contribution in [0.2, 0.25) is 0 Å². The molecular weight excluding hydrogens is 701 g/mol. The van der Waals surface area contributed by atoms with Gasteiger partial charge >= 0.3 is 20.1 Å². The van der Waals surface area contributed by atoms with Gasteiger partial charge in [-0.15, -0.1) is 5.73 Å². The molecule has 316 valence electrons. The van der Waals surface area contributed by atoms with Gasteiger partial charge < -0.3 is 18.9 Å². The first-order valence-corrected chi connectivity index (χ1v) is 23.3. The van der Waals surface area contributed by atoms with Crippen molar-refractivity contribution >= 4 is 20.1 Å². The summed E-state index contributed by atoms with van der Waals surface area (Å²) in [5, 5.41) is 0. The van der Waals surface area contributed by atoms with E-state index in [0.29, 0.717) is 17.4 Å². The first-order chi connectivity index (χ1) is 26.0. The van der Waals surface area contributed by atoms with Gasteiger partial charge in [-0.2, -0.15) is 13.9 Å². The molecule has 0 fully saturated rings. The highest BCUT2D eigenvalue weighted by molar-refractivity contribution is 7.52. The van der Waals surface area contributed by atoms with Crippen molar-refractivity contribution in [3.05, 3.63) is 30.0 Å². The van der Waals surface area contributed by atoms with Crippen molar-refractivity contribution in [3.63, 3.8) is 0 Å². The van der Waals surface area contributed by atoms with Crippen molar-refractivity contribution in [2.45, 2.75) is 193 Å². The summed E-state index contributed by atoms with van der Waals surface area (Å²) in [5.41, 5.74) is 3.28. The first-order valence-electron chi connectivity index (χ1n) is 21.8. The average Bonchev–Trinajstić information content (AvgIpc) is 3.12. The van der Waals surface area contributed by atoms with Crippen molar-refractivity contribution < 1.29 is 42.4 Å². The third-order valence-corrected chi connectivity index (χ3v) is 10.2. The Balaban J connectivity index is 4.38. The zero-order valence-corrected chi connectivity index (χ0v) is 36.4. The van der Waals surface area contributed by atoms with E-state index in [4.69, 9.17) is 18.5 Å². The molecule has 0 aliphatic carbocycles. The Morgan fingerprint density at radius 3 is 1.69 bits per heavy atom. The lowest BCUT2D eigenvalue weighted by Gasteiger charge is -2.26. The maximum Gasteiger partial charge on any atom is 0.377 e. The van der Waals surface area contributed by atoms with E-state index < -0.39 is 26.9 Å². The molecule has 54 heavy (non-hydrogen) atoms. The summed E-state index contributed by atoms with van der Waals surface area (Å²) >= 11 is 0. The number of quaternary nitrogens is 1. The van der Waals surface area contributed by atoms with Crippen LogP contribution in [-0.2, 0) is 28.1 Å². The van der Waals surface area contributed by atoms with Gasteiger partial charge in [0.05, 0.1) is 21.1 Å². The molecule has 0 amide bonds. The molecule has 0 saturated heterocycles. The summed E-state index contributed by atoms with van der Waals surface area (Å²) < 4.78 is 21.8. The number of allylic oxidation sites excluding steroid dienone is 3. The Morgan fingerprint density at radius 2 is 1.15 bits per heavy atom. The summed E-state index contributed by atoms with van der Waals surface area (Å²) in [6, 6.07) is 0. The summed E-state index contributed by atoms with van der Waals surface area (Å²) in [6.45, 7) is 4.30. The minimum Gasteiger partial charge on any atom is -0.606 e. The molecule has 0 aromatic heterocycles. The molecule has 1 N–H and O–H groups in total. The van der Waals surface area contributed by atoms with Crippen molar-refractivity contribution in [2.75, 3.05) is 47.5 Å². The van der Waals surface area contributed by atoms with Crippen LogP contribution in [0, 0.1) is 0 Å². The van der Waals surface area contributed by atoms with Crippen LogP contribution in [0.4, 0.5) is 0 Å². The van der Waals surface area contributed by atoms with Gasteiger partial charge in [0.1, 0.15) is 26.4 Å². The van der Waals surface area contributed by atoms with E-state index in [2.05, 4.69) is 43.9 Å². The van der Waals surface area contributed by atoms with E-state index >= 15 is 0 Å². The van der Waals surface area contributed by atoms with E-state index in [1.807, 2.05) is 21.1 Å². The van der Waals surface area contributed by atoms with Crippen LogP contribution in [0.25, 0.3) is 0 Å². The smallest absolute Gasteiger partial charge is 0.377 e. The number of esters is 2. The number of likely N-dealkylation sites (N-methyl/N-ethyl adjacent to an activating group) is 1. The average molecular weight is 785 g/mol. The lowest BCUT2D eigenvalue weighted by molar-refractivity contribution is -0.870. The maximum atomic E-state index is 12.7. The summed E-state index contributed by atoms with van der Waals surface area (Å²) in [7, 11) is 1.46. The fourth-order valence-electron chi connectivity index (χ4n) is 5.82. The molecule has 1 unspecified atom stereocenters. The Bertz CT molecular complexity index is 974. The van der Waals surface area contributed by atoms with Crippen LogP contribution in [0.3, 0.4) is 0 Å². The maximum absolute atomic E-state index is 12.7. The summed E-state index contributed by atoms with van der Waals surface area (Å²) in [5.74, 6) is -0.818. The van der Waals surface area contributed by atoms with Gasteiger partial charge in [0.2, 0.25) is 0 Å². The number of hydrogen-bond acceptors (Lipinski definition) is 8. The molecule has 0 saturated carbocycles. The third kappa shape index (κ3) is 40.1. The third-order valence-electron chi connectivity index (χ3n) is 9.24. The quantitative estimate of drug-likeness (QED) is 0.0164. The fraction of sp³-hybridized carbons (Fsp3) is 0.841. The zero-order valence-electron chi connectivity index (χ0n) is 35.5. The van der Waals surface area contributed by atoms with Crippen molar-refractivity contribution in [1.82, 2.24) is 0 Å². The Kier molecular flexibility index (Phi) is 36.0. The number of rotatable bonds is 39. The number of phosphoric acid groups is 1. The predicted octanol–water partition coefficient (Wildman–Crippen LogP) is 11.1. The second-order valence-corrected chi connectivity index (χ2v) is 17.3. The lowest BCUT2D eigenvalue weighted by Crippen LogP contribution is -2.38. The van der Waals surface area contributed by atoms with Crippen LogP contribution in [-0.4, -0.2) is 74.9 Å². The predicted molar refractivity (Wildman–Crippen MR) is 223 cm³/mol. The van der Waals surface area contributed by atoms with Crippen molar-refractivity contribution in [1.29, 1.82) is 0 Å². The number of carbonyl (C=O) groups is 2. The van der Waals surface area contributed by atoms with E-state index in [1.165, 1.54) is 77.0 Å². The normalized spacial score (nSPS) is 13.4. The summed E-state index contributed by atoms with van der Waals surface area (Å²) in [6.07, 6.45) is 37.2. The van der Waals surface area contributed by atoms with Crippen molar-refractivity contribution in [2.24, 2.45) is 0 Å². The molecule has 2 atom stereocenters. The molecule has 0 bridgehead atoms. The largest absolute Gasteiger partial charge is 0.606 e. The van der Waals surface area contributed by atoms with Gasteiger partial charge in [-0.1, -0.05) is 135 Å². The van der Waals surface area contributed by atoms with Crippen LogP contribution in [0.1, 0.15) is 187 Å². The van der Waals surface area contributed by atoms with E-state index in [1.54, 1.807) is 0 Å². The number of phosphoric ester groups is 1. The SMILES string of the molecule is CC/C=C/CCCC=C=CCCCCCCCC(=O)O[C@H](COC(=O)CCCCCCCCCCCCCCCCC)CO[P+]([O-])(O)OCC[N+](C)(C)C. The Morgan fingerprint density at radius 1 is 0.648 bits per heavy atom. The van der Waals surface area contributed by atoms with Crippen LogP contribution < -0.4 is 4.89 Å². The Hall–Kier alpha value is -1.57. The van der Waals surface area contributed by atoms with Gasteiger partial charge in [-0.3, -0.25) is 9.59 Å². The first kappa shape index (κ1) is 52.4. The highest BCUT2D eigenvalue weighted by Gasteiger charge is 2.31. The second-order valence-electron chi connectivity index (χ2n) is 15.8. The minimum atomic E-state index is -4.38. The molecule has 0 spiro atoms. The lowest BCUT2D eigenvalue weighted by atomic mass is 10.0. The van der Waals surface area contributed by atoms with Crippen LogP contribution in [0.5, 0.6) is 0 Å². The zero-order chi connectivity index (χ0) is 40.0. The van der Waals surface area contributed by atoms with E-state index in [9.17, 15) is 19.4 Å². The van der Waals surface area contributed by atoms with Gasteiger partial charge in [-0.25, -0.2) is 0 Å². The highest BCUT2D eigenvalue weighted by Crippen LogP contribution is 2.47. The molecule has 10 heteroatoms. The van der Waals surface area contributed by atoms with Gasteiger partial charge in [-0.05, 0) is 63.5 Å². The molecule has 0 rings (SSSR count). The molecule has 0 aliphatic rings. The van der Waals surface area contributed by atoms with Crippen LogP contribution >= 0.6 is 8.17 Å². The summed E-state index contributed by atoms with van der Waals surface area (Å²) in [4.78, 5) is 47.8. The van der Waals surface area contributed by atoms with Gasteiger partial charge in [0, 0.05) is 12.8 Å². The minimum absolute atomic E-state index is 0.0279. The number of carbonyl (C=O) groups excluding carboxylic acids is 2. The fourth-order valence-corrected chi connectivity index (χ4v) is 6.56. The monoisotopic (exact) mass is 785 g/mol. The van der Waals surface area contributed by atoms with E-state index in [0.717, 1.165) is 77.0 Å².